The van der Waals surface area contributed by atoms with Gasteiger partial charge in [0.1, 0.15) is 0 Å². The summed E-state index contributed by atoms with van der Waals surface area (Å²) >= 11 is 1.44. The van der Waals surface area contributed by atoms with Gasteiger partial charge in [-0.1, -0.05) is 30.3 Å². The van der Waals surface area contributed by atoms with Crippen molar-refractivity contribution in [2.24, 2.45) is 0 Å². The Labute approximate surface area is 164 Å². The van der Waals surface area contributed by atoms with E-state index in [0.29, 0.717) is 18.1 Å². The lowest BCUT2D eigenvalue weighted by Gasteiger charge is -2.02. The SMILES string of the molecule is CC(=O)c1ccc(Cn2ccc(NC(=O)c3ncoc3-c3ccccc3)n2)s1. The molecule has 0 spiro atoms. The van der Waals surface area contributed by atoms with E-state index in [1.165, 1.54) is 17.7 Å². The van der Waals surface area contributed by atoms with Gasteiger partial charge in [0, 0.05) is 22.7 Å². The first kappa shape index (κ1) is 17.9. The van der Waals surface area contributed by atoms with E-state index in [1.54, 1.807) is 23.9 Å². The molecule has 0 unspecified atom stereocenters. The number of ketones is 1. The molecule has 0 bridgehead atoms. The van der Waals surface area contributed by atoms with Crippen LogP contribution in [0.15, 0.2) is 65.5 Å². The van der Waals surface area contributed by atoms with Crippen molar-refractivity contribution in [3.05, 3.63) is 76.6 Å². The summed E-state index contributed by atoms with van der Waals surface area (Å²) in [7, 11) is 0. The third-order valence-corrected chi connectivity index (χ3v) is 5.20. The van der Waals surface area contributed by atoms with Crippen molar-refractivity contribution >= 4 is 28.8 Å². The van der Waals surface area contributed by atoms with Gasteiger partial charge in [-0.2, -0.15) is 5.10 Å². The first-order valence-corrected chi connectivity index (χ1v) is 9.35. The first-order chi connectivity index (χ1) is 13.6. The molecular weight excluding hydrogens is 376 g/mol. The molecule has 0 aliphatic carbocycles. The summed E-state index contributed by atoms with van der Waals surface area (Å²) in [5.41, 5.74) is 0.972. The molecule has 0 saturated carbocycles. The maximum atomic E-state index is 12.6. The van der Waals surface area contributed by atoms with Crippen molar-refractivity contribution in [2.75, 3.05) is 5.32 Å². The van der Waals surface area contributed by atoms with Gasteiger partial charge in [-0.3, -0.25) is 14.3 Å². The Bertz CT molecular complexity index is 1130. The second-order valence-electron chi connectivity index (χ2n) is 6.07. The lowest BCUT2D eigenvalue weighted by atomic mass is 10.1. The second-order valence-corrected chi connectivity index (χ2v) is 7.24. The molecule has 4 rings (SSSR count). The smallest absolute Gasteiger partial charge is 0.279 e. The second kappa shape index (κ2) is 7.61. The summed E-state index contributed by atoms with van der Waals surface area (Å²) in [6.07, 6.45) is 3.02. The highest BCUT2D eigenvalue weighted by Gasteiger charge is 2.19. The monoisotopic (exact) mass is 392 g/mol. The Balaban J connectivity index is 1.46. The lowest BCUT2D eigenvalue weighted by molar-refractivity contribution is 0.101. The maximum absolute atomic E-state index is 12.6. The number of rotatable bonds is 6. The van der Waals surface area contributed by atoms with E-state index < -0.39 is 5.91 Å². The minimum atomic E-state index is -0.396. The predicted octanol–water partition coefficient (Wildman–Crippen LogP) is 4.10. The number of benzene rings is 1. The fourth-order valence-electron chi connectivity index (χ4n) is 2.71. The summed E-state index contributed by atoms with van der Waals surface area (Å²) < 4.78 is 7.09. The van der Waals surface area contributed by atoms with Crippen LogP contribution < -0.4 is 5.32 Å². The number of aromatic nitrogens is 3. The number of amides is 1. The summed E-state index contributed by atoms with van der Waals surface area (Å²) in [6, 6.07) is 14.7. The Hall–Kier alpha value is -3.52. The van der Waals surface area contributed by atoms with Crippen LogP contribution in [0.3, 0.4) is 0 Å². The van der Waals surface area contributed by atoms with Gasteiger partial charge in [0.05, 0.1) is 11.4 Å². The molecule has 8 heteroatoms. The Morgan fingerprint density at radius 1 is 1.14 bits per heavy atom. The van der Waals surface area contributed by atoms with Gasteiger partial charge in [0.2, 0.25) is 0 Å². The van der Waals surface area contributed by atoms with E-state index in [9.17, 15) is 9.59 Å². The molecule has 0 aliphatic rings. The number of hydrogen-bond acceptors (Lipinski definition) is 6. The van der Waals surface area contributed by atoms with Gasteiger partial charge < -0.3 is 9.73 Å². The molecule has 4 aromatic rings. The minimum Gasteiger partial charge on any atom is -0.443 e. The number of oxazole rings is 1. The van der Waals surface area contributed by atoms with Crippen molar-refractivity contribution < 1.29 is 14.0 Å². The van der Waals surface area contributed by atoms with Crippen molar-refractivity contribution in [3.63, 3.8) is 0 Å². The van der Waals surface area contributed by atoms with Crippen LogP contribution in [0.25, 0.3) is 11.3 Å². The van der Waals surface area contributed by atoms with Crippen molar-refractivity contribution in [1.29, 1.82) is 0 Å². The number of hydrogen-bond donors (Lipinski definition) is 1. The molecule has 7 nitrogen and oxygen atoms in total. The zero-order valence-electron chi connectivity index (χ0n) is 15.0. The molecule has 28 heavy (non-hydrogen) atoms. The van der Waals surface area contributed by atoms with E-state index in [-0.39, 0.29) is 11.5 Å². The number of thiophene rings is 1. The number of Topliss-reactive ketones (excluding diaryl/α,β-unsaturated/α-hetero) is 1. The fourth-order valence-corrected chi connectivity index (χ4v) is 3.60. The summed E-state index contributed by atoms with van der Waals surface area (Å²) in [5, 5.41) is 7.10. The number of carbonyl (C=O) groups is 2. The number of nitrogens with one attached hydrogen (secondary N) is 1. The highest BCUT2D eigenvalue weighted by Crippen LogP contribution is 2.23. The Kier molecular flexibility index (Phi) is 4.86. The van der Waals surface area contributed by atoms with E-state index >= 15 is 0 Å². The van der Waals surface area contributed by atoms with Crippen molar-refractivity contribution in [1.82, 2.24) is 14.8 Å². The van der Waals surface area contributed by atoms with Crippen molar-refractivity contribution in [2.45, 2.75) is 13.5 Å². The topological polar surface area (TPSA) is 90.0 Å². The van der Waals surface area contributed by atoms with E-state index in [0.717, 1.165) is 15.3 Å². The summed E-state index contributed by atoms with van der Waals surface area (Å²) in [5.74, 6) is 0.475. The van der Waals surface area contributed by atoms with Crippen LogP contribution in [0.2, 0.25) is 0 Å². The number of nitrogens with zero attached hydrogens (tertiary/aromatic N) is 3. The first-order valence-electron chi connectivity index (χ1n) is 8.53. The maximum Gasteiger partial charge on any atom is 0.279 e. The third kappa shape index (κ3) is 3.77. The minimum absolute atomic E-state index is 0.0477. The molecule has 140 valence electrons. The average Bonchev–Trinajstić information content (AvgIpc) is 3.43. The van der Waals surface area contributed by atoms with Crippen LogP contribution in [0, 0.1) is 0 Å². The largest absolute Gasteiger partial charge is 0.443 e. The standard InChI is InChI=1S/C20H16N4O3S/c1-13(25)16-8-7-15(28-16)11-24-10-9-17(23-24)22-20(26)18-19(27-12-21-18)14-5-3-2-4-6-14/h2-10,12H,11H2,1H3,(H,22,23,26). The van der Waals surface area contributed by atoms with E-state index in [4.69, 9.17) is 4.42 Å². The molecule has 3 heterocycles. The fraction of sp³-hybridized carbons (Fsp3) is 0.100. The van der Waals surface area contributed by atoms with Crippen LogP contribution in [-0.4, -0.2) is 26.5 Å². The summed E-state index contributed by atoms with van der Waals surface area (Å²) in [4.78, 5) is 29.8. The molecule has 1 aromatic carbocycles. The molecule has 0 radical (unpaired) electrons. The van der Waals surface area contributed by atoms with E-state index in [1.807, 2.05) is 42.5 Å². The molecule has 0 atom stereocenters. The Morgan fingerprint density at radius 3 is 2.71 bits per heavy atom. The van der Waals surface area contributed by atoms with Gasteiger partial charge in [0.25, 0.3) is 5.91 Å². The highest BCUT2D eigenvalue weighted by atomic mass is 32.1. The van der Waals surface area contributed by atoms with Gasteiger partial charge in [0.15, 0.2) is 29.4 Å². The van der Waals surface area contributed by atoms with Crippen LogP contribution in [0.4, 0.5) is 5.82 Å². The van der Waals surface area contributed by atoms with Gasteiger partial charge in [-0.25, -0.2) is 4.98 Å². The predicted molar refractivity (Wildman–Crippen MR) is 106 cm³/mol. The molecule has 0 aliphatic heterocycles. The quantitative estimate of drug-likeness (QED) is 0.499. The molecule has 1 N–H and O–H groups in total. The normalized spacial score (nSPS) is 10.8. The molecule has 1 amide bonds. The molecule has 3 aromatic heterocycles. The number of carbonyl (C=O) groups excluding carboxylic acids is 2. The van der Waals surface area contributed by atoms with Crippen molar-refractivity contribution in [3.8, 4) is 11.3 Å². The zero-order chi connectivity index (χ0) is 19.5. The average molecular weight is 392 g/mol. The van der Waals surface area contributed by atoms with Crippen LogP contribution in [0.1, 0.15) is 32.0 Å². The van der Waals surface area contributed by atoms with Crippen LogP contribution in [-0.2, 0) is 6.54 Å². The van der Waals surface area contributed by atoms with Crippen LogP contribution >= 0.6 is 11.3 Å². The van der Waals surface area contributed by atoms with Gasteiger partial charge in [-0.15, -0.1) is 11.3 Å². The summed E-state index contributed by atoms with van der Waals surface area (Å²) in [6.45, 7) is 2.07. The zero-order valence-corrected chi connectivity index (χ0v) is 15.8. The van der Waals surface area contributed by atoms with Gasteiger partial charge >= 0.3 is 0 Å². The molecule has 0 saturated heterocycles. The van der Waals surface area contributed by atoms with E-state index in [2.05, 4.69) is 15.4 Å². The Morgan fingerprint density at radius 2 is 1.96 bits per heavy atom. The van der Waals surface area contributed by atoms with Gasteiger partial charge in [-0.05, 0) is 19.1 Å². The molecular formula is C20H16N4O3S. The number of anilines is 1. The van der Waals surface area contributed by atoms with Crippen LogP contribution in [0.5, 0.6) is 0 Å². The molecule has 0 fully saturated rings. The third-order valence-electron chi connectivity index (χ3n) is 4.03. The lowest BCUT2D eigenvalue weighted by Crippen LogP contribution is -2.14. The highest BCUT2D eigenvalue weighted by molar-refractivity contribution is 7.14.